The molecular weight excluding hydrogens is 420 g/mol. The highest BCUT2D eigenvalue weighted by molar-refractivity contribution is 5.80. The summed E-state index contributed by atoms with van der Waals surface area (Å²) in [5.74, 6) is -0.569. The van der Waals surface area contributed by atoms with E-state index in [9.17, 15) is 19.7 Å². The Morgan fingerprint density at radius 3 is 2.22 bits per heavy atom. The maximum absolute atomic E-state index is 12.8. The molecule has 3 N–H and O–H groups in total. The minimum Gasteiger partial charge on any atom is -0.493 e. The van der Waals surface area contributed by atoms with E-state index in [0.29, 0.717) is 18.9 Å². The summed E-state index contributed by atoms with van der Waals surface area (Å²) in [6.07, 6.45) is 0.917. The first-order valence-electron chi connectivity index (χ1n) is 10.5. The van der Waals surface area contributed by atoms with E-state index in [1.54, 1.807) is 27.7 Å². The monoisotopic (exact) mass is 455 g/mol. The standard InChI is InChI=1S/C22H34N2O8/c1-21(2,19(25)31-12-11-29-5)15-22(3,4)20(26)32-14-16-13-17(30-10-6-9-23)7-8-18(16)24(27)28/h7-8,13H,6,9-12,14-15,23H2,1-5H3/p+1. The number of esters is 2. The van der Waals surface area contributed by atoms with E-state index in [4.69, 9.17) is 18.9 Å². The summed E-state index contributed by atoms with van der Waals surface area (Å²) < 4.78 is 21.0. The molecule has 0 aliphatic rings. The van der Waals surface area contributed by atoms with Crippen molar-refractivity contribution in [2.75, 3.05) is 33.5 Å². The van der Waals surface area contributed by atoms with Crippen molar-refractivity contribution < 1.29 is 39.2 Å². The van der Waals surface area contributed by atoms with Gasteiger partial charge in [-0.25, -0.2) is 0 Å². The van der Waals surface area contributed by atoms with Gasteiger partial charge in [0.2, 0.25) is 0 Å². The summed E-state index contributed by atoms with van der Waals surface area (Å²) >= 11 is 0. The molecule has 0 fully saturated rings. The number of ether oxygens (including phenoxy) is 4. The largest absolute Gasteiger partial charge is 0.493 e. The second-order valence-corrected chi connectivity index (χ2v) is 8.75. The van der Waals surface area contributed by atoms with Crippen molar-refractivity contribution in [3.05, 3.63) is 33.9 Å². The Kier molecular flexibility index (Phi) is 10.5. The molecule has 0 bridgehead atoms. The summed E-state index contributed by atoms with van der Waals surface area (Å²) in [6.45, 7) is 7.96. The van der Waals surface area contributed by atoms with Crippen LogP contribution in [0.2, 0.25) is 0 Å². The van der Waals surface area contributed by atoms with Gasteiger partial charge in [-0.15, -0.1) is 0 Å². The van der Waals surface area contributed by atoms with E-state index >= 15 is 0 Å². The predicted molar refractivity (Wildman–Crippen MR) is 116 cm³/mol. The summed E-state index contributed by atoms with van der Waals surface area (Å²) in [6, 6.07) is 4.33. The normalized spacial score (nSPS) is 11.7. The number of carbonyl (C=O) groups is 2. The van der Waals surface area contributed by atoms with Crippen LogP contribution in [0.5, 0.6) is 5.75 Å². The Balaban J connectivity index is 2.84. The van der Waals surface area contributed by atoms with Crippen LogP contribution in [-0.4, -0.2) is 50.3 Å². The van der Waals surface area contributed by atoms with E-state index in [-0.39, 0.29) is 37.5 Å². The molecule has 0 aliphatic carbocycles. The fourth-order valence-electron chi connectivity index (χ4n) is 3.24. The van der Waals surface area contributed by atoms with Gasteiger partial charge in [0.1, 0.15) is 19.0 Å². The molecular formula is C22H35N2O8+. The molecule has 0 aliphatic heterocycles. The fraction of sp³-hybridized carbons (Fsp3) is 0.636. The maximum atomic E-state index is 12.8. The molecule has 0 heterocycles. The van der Waals surface area contributed by atoms with Gasteiger partial charge < -0.3 is 24.7 Å². The lowest BCUT2D eigenvalue weighted by molar-refractivity contribution is -0.385. The molecule has 0 radical (unpaired) electrons. The number of rotatable bonds is 14. The van der Waals surface area contributed by atoms with E-state index in [0.717, 1.165) is 6.42 Å². The molecule has 0 spiro atoms. The zero-order chi connectivity index (χ0) is 24.4. The first kappa shape index (κ1) is 27.3. The summed E-state index contributed by atoms with van der Waals surface area (Å²) in [4.78, 5) is 36.0. The van der Waals surface area contributed by atoms with Crippen molar-refractivity contribution in [1.29, 1.82) is 0 Å². The number of hydrogen-bond acceptors (Lipinski definition) is 8. The number of carbonyl (C=O) groups excluding carboxylic acids is 2. The molecule has 0 aromatic heterocycles. The van der Waals surface area contributed by atoms with Gasteiger partial charge in [-0.1, -0.05) is 0 Å². The highest BCUT2D eigenvalue weighted by atomic mass is 16.6. The molecule has 0 saturated carbocycles. The molecule has 1 aromatic carbocycles. The fourth-order valence-corrected chi connectivity index (χ4v) is 3.24. The van der Waals surface area contributed by atoms with Gasteiger partial charge in [0.05, 0.1) is 41.1 Å². The quantitative estimate of drug-likeness (QED) is 0.195. The topological polar surface area (TPSA) is 142 Å². The SMILES string of the molecule is COCCOC(=O)C(C)(C)CC(C)(C)C(=O)OCc1cc(OCCC[NH3+])ccc1[N+](=O)[O-]. The van der Waals surface area contributed by atoms with Crippen molar-refractivity contribution >= 4 is 17.6 Å². The average molecular weight is 456 g/mol. The van der Waals surface area contributed by atoms with E-state index in [1.807, 2.05) is 0 Å². The second kappa shape index (κ2) is 12.4. The Labute approximate surface area is 188 Å². The third-order valence-electron chi connectivity index (χ3n) is 4.78. The summed E-state index contributed by atoms with van der Waals surface area (Å²) in [5.41, 5.74) is 1.83. The Bertz CT molecular complexity index is 792. The Morgan fingerprint density at radius 1 is 1.03 bits per heavy atom. The van der Waals surface area contributed by atoms with Crippen molar-refractivity contribution in [2.45, 2.75) is 47.1 Å². The number of methoxy groups -OCH3 is 1. The minimum atomic E-state index is -1.03. The number of nitrogens with zero attached hydrogens (tertiary/aromatic N) is 1. The number of quaternary nitrogens is 1. The lowest BCUT2D eigenvalue weighted by atomic mass is 9.75. The first-order valence-corrected chi connectivity index (χ1v) is 10.5. The maximum Gasteiger partial charge on any atom is 0.311 e. The Hall–Kier alpha value is -2.72. The van der Waals surface area contributed by atoms with Crippen LogP contribution in [0, 0.1) is 20.9 Å². The molecule has 0 saturated heterocycles. The Morgan fingerprint density at radius 2 is 1.66 bits per heavy atom. The van der Waals surface area contributed by atoms with Gasteiger partial charge >= 0.3 is 11.9 Å². The average Bonchev–Trinajstić information content (AvgIpc) is 2.71. The van der Waals surface area contributed by atoms with E-state index in [2.05, 4.69) is 5.73 Å². The number of benzene rings is 1. The summed E-state index contributed by atoms with van der Waals surface area (Å²) in [7, 11) is 1.51. The van der Waals surface area contributed by atoms with Crippen LogP contribution in [0.25, 0.3) is 0 Å². The minimum absolute atomic E-state index is 0.125. The highest BCUT2D eigenvalue weighted by Gasteiger charge is 2.41. The van der Waals surface area contributed by atoms with Crippen LogP contribution in [0.4, 0.5) is 5.69 Å². The second-order valence-electron chi connectivity index (χ2n) is 8.75. The van der Waals surface area contributed by atoms with Crippen LogP contribution in [0.1, 0.15) is 46.1 Å². The van der Waals surface area contributed by atoms with Gasteiger partial charge in [0.15, 0.2) is 0 Å². The lowest BCUT2D eigenvalue weighted by Gasteiger charge is -2.31. The smallest absolute Gasteiger partial charge is 0.311 e. The third-order valence-corrected chi connectivity index (χ3v) is 4.78. The van der Waals surface area contributed by atoms with Crippen LogP contribution in [-0.2, 0) is 30.4 Å². The molecule has 0 atom stereocenters. The van der Waals surface area contributed by atoms with Crippen molar-refractivity contribution in [3.63, 3.8) is 0 Å². The van der Waals surface area contributed by atoms with Gasteiger partial charge in [0, 0.05) is 19.6 Å². The van der Waals surface area contributed by atoms with Gasteiger partial charge in [-0.2, -0.15) is 0 Å². The van der Waals surface area contributed by atoms with Crippen LogP contribution >= 0.6 is 0 Å². The molecule has 10 heteroatoms. The van der Waals surface area contributed by atoms with Crippen molar-refractivity contribution in [2.24, 2.45) is 10.8 Å². The van der Waals surface area contributed by atoms with Crippen LogP contribution in [0.3, 0.4) is 0 Å². The lowest BCUT2D eigenvalue weighted by Crippen LogP contribution is -2.50. The molecule has 1 aromatic rings. The molecule has 0 amide bonds. The van der Waals surface area contributed by atoms with Gasteiger partial charge in [-0.05, 0) is 46.2 Å². The number of hydrogen-bond donors (Lipinski definition) is 1. The molecule has 1 rings (SSSR count). The van der Waals surface area contributed by atoms with Crippen molar-refractivity contribution in [3.8, 4) is 5.75 Å². The zero-order valence-electron chi connectivity index (χ0n) is 19.6. The van der Waals surface area contributed by atoms with Crippen LogP contribution < -0.4 is 10.5 Å². The van der Waals surface area contributed by atoms with Gasteiger partial charge in [-0.3, -0.25) is 19.7 Å². The van der Waals surface area contributed by atoms with Gasteiger partial charge in [0.25, 0.3) is 5.69 Å². The first-order chi connectivity index (χ1) is 14.9. The van der Waals surface area contributed by atoms with Crippen LogP contribution in [0.15, 0.2) is 18.2 Å². The predicted octanol–water partition coefficient (Wildman–Crippen LogP) is 2.28. The van der Waals surface area contributed by atoms with E-state index < -0.39 is 27.7 Å². The van der Waals surface area contributed by atoms with E-state index in [1.165, 1.54) is 25.3 Å². The molecule has 180 valence electrons. The molecule has 0 unspecified atom stereocenters. The summed E-state index contributed by atoms with van der Waals surface area (Å²) in [5, 5.41) is 11.4. The number of nitro benzene ring substituents is 1. The highest BCUT2D eigenvalue weighted by Crippen LogP contribution is 2.36. The third kappa shape index (κ3) is 8.43. The molecule has 10 nitrogen and oxygen atoms in total. The zero-order valence-corrected chi connectivity index (χ0v) is 19.6. The van der Waals surface area contributed by atoms with Crippen molar-refractivity contribution in [1.82, 2.24) is 0 Å². The molecule has 32 heavy (non-hydrogen) atoms. The number of nitro groups is 1.